The van der Waals surface area contributed by atoms with Crippen molar-refractivity contribution in [3.63, 3.8) is 0 Å². The minimum Gasteiger partial charge on any atom is -0.495 e. The molecule has 0 aliphatic heterocycles. The number of anilines is 1. The Kier molecular flexibility index (Phi) is 5.45. The van der Waals surface area contributed by atoms with Gasteiger partial charge in [-0.2, -0.15) is 5.26 Å². The second-order valence-corrected chi connectivity index (χ2v) is 5.14. The summed E-state index contributed by atoms with van der Waals surface area (Å²) in [6, 6.07) is 13.7. The maximum Gasteiger partial charge on any atom is 0.265 e. The molecule has 0 bridgehead atoms. The second kappa shape index (κ2) is 7.52. The Hall–Kier alpha value is -2.71. The molecule has 1 N–H and O–H groups in total. The quantitative estimate of drug-likeness (QED) is 0.908. The molecule has 0 radical (unpaired) electrons. The lowest BCUT2D eigenvalue weighted by atomic mass is 10.2. The highest BCUT2D eigenvalue weighted by molar-refractivity contribution is 6.31. The zero-order chi connectivity index (χ0) is 16.8. The maximum absolute atomic E-state index is 12.3. The van der Waals surface area contributed by atoms with Crippen LogP contribution < -0.4 is 14.8 Å². The van der Waals surface area contributed by atoms with Crippen LogP contribution in [0.2, 0.25) is 5.02 Å². The Labute approximate surface area is 139 Å². The van der Waals surface area contributed by atoms with Gasteiger partial charge < -0.3 is 14.8 Å². The summed E-state index contributed by atoms with van der Waals surface area (Å²) < 4.78 is 10.7. The van der Waals surface area contributed by atoms with Crippen LogP contribution in [-0.4, -0.2) is 19.1 Å². The smallest absolute Gasteiger partial charge is 0.265 e. The van der Waals surface area contributed by atoms with Crippen molar-refractivity contribution in [2.24, 2.45) is 0 Å². The molecule has 0 spiro atoms. The van der Waals surface area contributed by atoms with Gasteiger partial charge in [-0.25, -0.2) is 0 Å². The highest BCUT2D eigenvalue weighted by atomic mass is 35.5. The van der Waals surface area contributed by atoms with E-state index in [2.05, 4.69) is 5.32 Å². The summed E-state index contributed by atoms with van der Waals surface area (Å²) in [6.45, 7) is 1.60. The summed E-state index contributed by atoms with van der Waals surface area (Å²) in [4.78, 5) is 12.3. The van der Waals surface area contributed by atoms with Crippen molar-refractivity contribution in [3.8, 4) is 17.6 Å². The average Bonchev–Trinajstić information content (AvgIpc) is 2.55. The van der Waals surface area contributed by atoms with Gasteiger partial charge in [-0.15, -0.1) is 0 Å². The number of para-hydroxylation sites is 1. The van der Waals surface area contributed by atoms with Crippen LogP contribution in [-0.2, 0) is 4.79 Å². The Morgan fingerprint density at radius 1 is 1.26 bits per heavy atom. The number of nitriles is 1. The number of hydrogen-bond acceptors (Lipinski definition) is 4. The molecule has 118 valence electrons. The standard InChI is InChI=1S/C17H15ClN2O3/c1-11(23-15-6-4-3-5-12(15)10-19)17(21)20-14-9-13(18)7-8-16(14)22-2/h3-9,11H,1-2H3,(H,20,21)/t11-/m0/s1. The van der Waals surface area contributed by atoms with Crippen LogP contribution in [0.5, 0.6) is 11.5 Å². The number of carbonyl (C=O) groups is 1. The first-order valence-electron chi connectivity index (χ1n) is 6.85. The van der Waals surface area contributed by atoms with Crippen molar-refractivity contribution in [1.82, 2.24) is 0 Å². The third-order valence-corrected chi connectivity index (χ3v) is 3.33. The first-order valence-corrected chi connectivity index (χ1v) is 7.23. The van der Waals surface area contributed by atoms with Gasteiger partial charge in [0.25, 0.3) is 5.91 Å². The van der Waals surface area contributed by atoms with E-state index in [4.69, 9.17) is 26.3 Å². The largest absolute Gasteiger partial charge is 0.495 e. The zero-order valence-electron chi connectivity index (χ0n) is 12.7. The van der Waals surface area contributed by atoms with Crippen LogP contribution in [0.4, 0.5) is 5.69 Å². The lowest BCUT2D eigenvalue weighted by Crippen LogP contribution is -2.30. The monoisotopic (exact) mass is 330 g/mol. The molecule has 23 heavy (non-hydrogen) atoms. The van der Waals surface area contributed by atoms with Crippen LogP contribution in [0, 0.1) is 11.3 Å². The second-order valence-electron chi connectivity index (χ2n) is 4.70. The van der Waals surface area contributed by atoms with Gasteiger partial charge in [0.2, 0.25) is 0 Å². The molecule has 0 unspecified atom stereocenters. The maximum atomic E-state index is 12.3. The van der Waals surface area contributed by atoms with Crippen LogP contribution in [0.25, 0.3) is 0 Å². The molecule has 2 aromatic rings. The summed E-state index contributed by atoms with van der Waals surface area (Å²) in [5, 5.41) is 12.2. The van der Waals surface area contributed by atoms with Crippen molar-refractivity contribution in [2.75, 3.05) is 12.4 Å². The third kappa shape index (κ3) is 4.15. The van der Waals surface area contributed by atoms with Gasteiger partial charge in [0, 0.05) is 5.02 Å². The molecule has 0 aliphatic carbocycles. The number of ether oxygens (including phenoxy) is 2. The topological polar surface area (TPSA) is 71.3 Å². The number of hydrogen-bond donors (Lipinski definition) is 1. The number of carbonyl (C=O) groups excluding carboxylic acids is 1. The Bertz CT molecular complexity index is 756. The molecule has 0 aromatic heterocycles. The zero-order valence-corrected chi connectivity index (χ0v) is 13.4. The molecule has 1 atom stereocenters. The van der Waals surface area contributed by atoms with E-state index in [1.165, 1.54) is 7.11 Å². The average molecular weight is 331 g/mol. The lowest BCUT2D eigenvalue weighted by molar-refractivity contribution is -0.122. The first kappa shape index (κ1) is 16.7. The molecule has 0 saturated heterocycles. The normalized spacial score (nSPS) is 11.2. The van der Waals surface area contributed by atoms with Crippen molar-refractivity contribution >= 4 is 23.2 Å². The van der Waals surface area contributed by atoms with Gasteiger partial charge in [-0.05, 0) is 37.3 Å². The van der Waals surface area contributed by atoms with Gasteiger partial charge in [0.05, 0.1) is 18.4 Å². The lowest BCUT2D eigenvalue weighted by Gasteiger charge is -2.16. The van der Waals surface area contributed by atoms with Gasteiger partial charge in [0.15, 0.2) is 6.10 Å². The SMILES string of the molecule is COc1ccc(Cl)cc1NC(=O)[C@H](C)Oc1ccccc1C#N. The van der Waals surface area contributed by atoms with Crippen molar-refractivity contribution in [3.05, 3.63) is 53.1 Å². The molecule has 0 fully saturated rings. The molecule has 1 amide bonds. The molecule has 0 aliphatic rings. The summed E-state index contributed by atoms with van der Waals surface area (Å²) in [7, 11) is 1.50. The van der Waals surface area contributed by atoms with Gasteiger partial charge in [-0.3, -0.25) is 4.79 Å². The summed E-state index contributed by atoms with van der Waals surface area (Å²) >= 11 is 5.93. The third-order valence-electron chi connectivity index (χ3n) is 3.10. The molecular formula is C17H15ClN2O3. The van der Waals surface area contributed by atoms with E-state index in [-0.39, 0.29) is 5.91 Å². The predicted octanol–water partition coefficient (Wildman–Crippen LogP) is 3.63. The van der Waals surface area contributed by atoms with Crippen molar-refractivity contribution in [1.29, 1.82) is 5.26 Å². The number of rotatable bonds is 5. The first-order chi connectivity index (χ1) is 11.0. The number of nitrogens with one attached hydrogen (secondary N) is 1. The molecule has 0 heterocycles. The Morgan fingerprint density at radius 3 is 2.70 bits per heavy atom. The summed E-state index contributed by atoms with van der Waals surface area (Å²) in [5.74, 6) is 0.474. The number of nitrogens with zero attached hydrogens (tertiary/aromatic N) is 1. The van der Waals surface area contributed by atoms with E-state index >= 15 is 0 Å². The fourth-order valence-electron chi connectivity index (χ4n) is 1.92. The van der Waals surface area contributed by atoms with Crippen LogP contribution >= 0.6 is 11.6 Å². The number of benzene rings is 2. The van der Waals surface area contributed by atoms with Gasteiger partial charge in [-0.1, -0.05) is 23.7 Å². The van der Waals surface area contributed by atoms with Crippen LogP contribution in [0.15, 0.2) is 42.5 Å². The molecule has 2 rings (SSSR count). The molecular weight excluding hydrogens is 316 g/mol. The minimum atomic E-state index is -0.798. The fourth-order valence-corrected chi connectivity index (χ4v) is 2.09. The van der Waals surface area contributed by atoms with Crippen LogP contribution in [0.1, 0.15) is 12.5 Å². The van der Waals surface area contributed by atoms with E-state index < -0.39 is 6.10 Å². The molecule has 2 aromatic carbocycles. The fraction of sp³-hybridized carbons (Fsp3) is 0.176. The van der Waals surface area contributed by atoms with Crippen molar-refractivity contribution < 1.29 is 14.3 Å². The predicted molar refractivity (Wildman–Crippen MR) is 87.9 cm³/mol. The van der Waals surface area contributed by atoms with E-state index in [9.17, 15) is 4.79 Å². The van der Waals surface area contributed by atoms with Crippen LogP contribution in [0.3, 0.4) is 0 Å². The number of halogens is 1. The Morgan fingerprint density at radius 2 is 2.00 bits per heavy atom. The Balaban J connectivity index is 2.12. The molecule has 0 saturated carbocycles. The van der Waals surface area contributed by atoms with E-state index in [1.807, 2.05) is 6.07 Å². The highest BCUT2D eigenvalue weighted by Crippen LogP contribution is 2.28. The molecule has 5 nitrogen and oxygen atoms in total. The highest BCUT2D eigenvalue weighted by Gasteiger charge is 2.18. The molecule has 6 heteroatoms. The number of methoxy groups -OCH3 is 1. The van der Waals surface area contributed by atoms with E-state index in [0.717, 1.165) is 0 Å². The van der Waals surface area contributed by atoms with E-state index in [1.54, 1.807) is 49.4 Å². The van der Waals surface area contributed by atoms with Crippen molar-refractivity contribution in [2.45, 2.75) is 13.0 Å². The van der Waals surface area contributed by atoms with E-state index in [0.29, 0.717) is 27.8 Å². The minimum absolute atomic E-state index is 0.357. The van der Waals surface area contributed by atoms with Gasteiger partial charge in [0.1, 0.15) is 17.6 Å². The number of amides is 1. The summed E-state index contributed by atoms with van der Waals surface area (Å²) in [5.41, 5.74) is 0.821. The summed E-state index contributed by atoms with van der Waals surface area (Å²) in [6.07, 6.45) is -0.798. The van der Waals surface area contributed by atoms with Gasteiger partial charge >= 0.3 is 0 Å².